The van der Waals surface area contributed by atoms with Crippen LogP contribution in [0.4, 0.5) is 5.69 Å². The zero-order valence-corrected chi connectivity index (χ0v) is 14.6. The lowest BCUT2D eigenvalue weighted by Gasteiger charge is -2.41. The van der Waals surface area contributed by atoms with Crippen molar-refractivity contribution >= 4 is 11.6 Å². The van der Waals surface area contributed by atoms with E-state index in [9.17, 15) is 4.79 Å². The summed E-state index contributed by atoms with van der Waals surface area (Å²) in [7, 11) is 0. The van der Waals surface area contributed by atoms with Gasteiger partial charge in [-0.1, -0.05) is 12.1 Å². The molecular formula is C18H31N3O+2. The number of carbonyl (C=O) groups excluding carboxylic acids is 1. The predicted octanol–water partition coefficient (Wildman–Crippen LogP) is 0.780. The van der Waals surface area contributed by atoms with Crippen LogP contribution in [0.2, 0.25) is 0 Å². The van der Waals surface area contributed by atoms with Crippen molar-refractivity contribution in [3.63, 3.8) is 0 Å². The second kappa shape index (κ2) is 6.39. The van der Waals surface area contributed by atoms with Crippen molar-refractivity contribution < 1.29 is 15.4 Å². The minimum atomic E-state index is 0.0794. The van der Waals surface area contributed by atoms with Crippen molar-refractivity contribution in [1.29, 1.82) is 0 Å². The number of rotatable bonds is 4. The Morgan fingerprint density at radius 1 is 1.27 bits per heavy atom. The first-order chi connectivity index (χ1) is 10.2. The number of hydrogen-bond donors (Lipinski definition) is 3. The third-order valence-corrected chi connectivity index (χ3v) is 4.30. The molecule has 1 fully saturated rings. The summed E-state index contributed by atoms with van der Waals surface area (Å²) >= 11 is 0. The van der Waals surface area contributed by atoms with Gasteiger partial charge >= 0.3 is 0 Å². The topological polar surface area (TPSA) is 62.3 Å². The van der Waals surface area contributed by atoms with Crippen molar-refractivity contribution in [1.82, 2.24) is 0 Å². The van der Waals surface area contributed by atoms with E-state index >= 15 is 0 Å². The lowest BCUT2D eigenvalue weighted by atomic mass is 9.79. The quantitative estimate of drug-likeness (QED) is 0.756. The van der Waals surface area contributed by atoms with Gasteiger partial charge < -0.3 is 16.0 Å². The number of aryl methyl sites for hydroxylation is 1. The van der Waals surface area contributed by atoms with Gasteiger partial charge in [0.25, 0.3) is 5.91 Å². The van der Waals surface area contributed by atoms with Gasteiger partial charge in [-0.25, -0.2) is 0 Å². The maximum absolute atomic E-state index is 12.1. The Morgan fingerprint density at radius 3 is 2.50 bits per heavy atom. The molecule has 4 nitrogen and oxygen atoms in total. The molecule has 0 bridgehead atoms. The average Bonchev–Trinajstić information content (AvgIpc) is 2.32. The number of piperidine rings is 1. The third-order valence-electron chi connectivity index (χ3n) is 4.30. The van der Waals surface area contributed by atoms with Crippen molar-refractivity contribution in [2.45, 2.75) is 64.6 Å². The van der Waals surface area contributed by atoms with E-state index in [1.54, 1.807) is 0 Å². The summed E-state index contributed by atoms with van der Waals surface area (Å²) in [5.41, 5.74) is 2.54. The molecule has 0 atom stereocenters. The smallest absolute Gasteiger partial charge is 0.279 e. The van der Waals surface area contributed by atoms with Gasteiger partial charge in [-0.15, -0.1) is 0 Å². The summed E-state index contributed by atoms with van der Waals surface area (Å²) in [5, 5.41) is 7.67. The Kier molecular flexibility index (Phi) is 4.93. The second-order valence-electron chi connectivity index (χ2n) is 8.15. The number of benzene rings is 1. The maximum Gasteiger partial charge on any atom is 0.279 e. The molecule has 22 heavy (non-hydrogen) atoms. The van der Waals surface area contributed by atoms with Gasteiger partial charge in [-0.3, -0.25) is 4.79 Å². The molecular weight excluding hydrogens is 274 g/mol. The summed E-state index contributed by atoms with van der Waals surface area (Å²) in [4.78, 5) is 12.1. The van der Waals surface area contributed by atoms with Gasteiger partial charge in [0.1, 0.15) is 0 Å². The first-order valence-corrected chi connectivity index (χ1v) is 8.22. The fraction of sp³-hybridized carbons (Fsp3) is 0.611. The Balaban J connectivity index is 1.85. The summed E-state index contributed by atoms with van der Waals surface area (Å²) in [5.74, 6) is 0.0794. The molecule has 1 aromatic carbocycles. The molecule has 1 aliphatic rings. The van der Waals surface area contributed by atoms with Crippen molar-refractivity contribution in [2.75, 3.05) is 11.9 Å². The Bertz CT molecular complexity index is 521. The van der Waals surface area contributed by atoms with Crippen LogP contribution >= 0.6 is 0 Å². The second-order valence-corrected chi connectivity index (χ2v) is 8.15. The van der Waals surface area contributed by atoms with E-state index in [2.05, 4.69) is 43.6 Å². The Hall–Kier alpha value is -1.39. The molecule has 0 unspecified atom stereocenters. The molecule has 0 spiro atoms. The zero-order valence-electron chi connectivity index (χ0n) is 14.6. The van der Waals surface area contributed by atoms with E-state index in [1.807, 2.05) is 31.2 Å². The fourth-order valence-corrected chi connectivity index (χ4v) is 3.97. The van der Waals surface area contributed by atoms with E-state index in [4.69, 9.17) is 0 Å². The molecule has 2 rings (SSSR count). The molecule has 0 aliphatic carbocycles. The standard InChI is InChI=1S/C18H29N3O/c1-13-7-6-8-14(9-13)20-16(22)12-19-15-10-17(2,3)21-18(4,5)11-15/h6-9,15,19,21H,10-12H2,1-5H3,(H,20,22)/p+2. The number of nitrogens with two attached hydrogens (primary N) is 2. The minimum Gasteiger partial charge on any atom is -0.337 e. The summed E-state index contributed by atoms with van der Waals surface area (Å²) in [6.07, 6.45) is 2.27. The molecule has 0 saturated carbocycles. The summed E-state index contributed by atoms with van der Waals surface area (Å²) < 4.78 is 0. The molecule has 0 aromatic heterocycles. The number of hydrogen-bond acceptors (Lipinski definition) is 1. The molecule has 122 valence electrons. The molecule has 1 saturated heterocycles. The van der Waals surface area contributed by atoms with Gasteiger partial charge in [0, 0.05) is 5.69 Å². The highest BCUT2D eigenvalue weighted by Crippen LogP contribution is 2.19. The molecule has 0 radical (unpaired) electrons. The van der Waals surface area contributed by atoms with Crippen LogP contribution < -0.4 is 16.0 Å². The van der Waals surface area contributed by atoms with E-state index in [0.29, 0.717) is 12.6 Å². The summed E-state index contributed by atoms with van der Waals surface area (Å²) in [6, 6.07) is 8.45. The Morgan fingerprint density at radius 2 is 1.91 bits per heavy atom. The van der Waals surface area contributed by atoms with Crippen LogP contribution in [-0.2, 0) is 4.79 Å². The minimum absolute atomic E-state index is 0.0794. The van der Waals surface area contributed by atoms with Crippen LogP contribution in [-0.4, -0.2) is 29.6 Å². The van der Waals surface area contributed by atoms with Gasteiger partial charge in [-0.2, -0.15) is 0 Å². The van der Waals surface area contributed by atoms with Crippen molar-refractivity contribution in [3.8, 4) is 0 Å². The predicted molar refractivity (Wildman–Crippen MR) is 89.7 cm³/mol. The van der Waals surface area contributed by atoms with E-state index in [0.717, 1.165) is 24.1 Å². The highest BCUT2D eigenvalue weighted by Gasteiger charge is 2.43. The molecule has 1 heterocycles. The van der Waals surface area contributed by atoms with Crippen LogP contribution in [0.5, 0.6) is 0 Å². The van der Waals surface area contributed by atoms with Crippen molar-refractivity contribution in [3.05, 3.63) is 29.8 Å². The summed E-state index contributed by atoms with van der Waals surface area (Å²) in [6.45, 7) is 11.7. The number of anilines is 1. The number of nitrogens with one attached hydrogen (secondary N) is 1. The lowest BCUT2D eigenvalue weighted by molar-refractivity contribution is -0.812. The normalized spacial score (nSPS) is 20.6. The van der Waals surface area contributed by atoms with Gasteiger partial charge in [0.05, 0.1) is 30.0 Å². The van der Waals surface area contributed by atoms with Gasteiger partial charge in [0.15, 0.2) is 6.54 Å². The van der Waals surface area contributed by atoms with E-state index in [1.165, 1.54) is 0 Å². The lowest BCUT2D eigenvalue weighted by Crippen LogP contribution is -3.09. The molecule has 5 N–H and O–H groups in total. The van der Waals surface area contributed by atoms with Gasteiger partial charge in [-0.05, 0) is 52.3 Å². The Labute approximate surface area is 134 Å². The highest BCUT2D eigenvalue weighted by molar-refractivity contribution is 5.91. The monoisotopic (exact) mass is 305 g/mol. The molecule has 1 aromatic rings. The van der Waals surface area contributed by atoms with Crippen molar-refractivity contribution in [2.24, 2.45) is 0 Å². The van der Waals surface area contributed by atoms with Gasteiger partial charge in [0.2, 0.25) is 0 Å². The van der Waals surface area contributed by atoms with E-state index < -0.39 is 0 Å². The van der Waals surface area contributed by atoms with E-state index in [-0.39, 0.29) is 17.0 Å². The molecule has 1 amide bonds. The maximum atomic E-state index is 12.1. The zero-order chi connectivity index (χ0) is 16.4. The molecule has 4 heteroatoms. The number of amides is 1. The van der Waals surface area contributed by atoms with Crippen LogP contribution in [0.15, 0.2) is 24.3 Å². The highest BCUT2D eigenvalue weighted by atomic mass is 16.1. The van der Waals surface area contributed by atoms with Crippen LogP contribution in [0.1, 0.15) is 46.1 Å². The molecule has 1 aliphatic heterocycles. The number of carbonyl (C=O) groups is 1. The van der Waals surface area contributed by atoms with Crippen LogP contribution in [0, 0.1) is 6.92 Å². The fourth-order valence-electron chi connectivity index (χ4n) is 3.97. The van der Waals surface area contributed by atoms with Crippen LogP contribution in [0.25, 0.3) is 0 Å². The third kappa shape index (κ3) is 5.11. The van der Waals surface area contributed by atoms with Crippen LogP contribution in [0.3, 0.4) is 0 Å². The largest absolute Gasteiger partial charge is 0.337 e. The first kappa shape index (κ1) is 17.0. The first-order valence-electron chi connectivity index (χ1n) is 8.22. The number of quaternary nitrogens is 2. The average molecular weight is 305 g/mol. The SMILES string of the molecule is Cc1cccc(NC(=O)C[NH2+]C2CC(C)(C)[NH2+]C(C)(C)C2)c1.